The van der Waals surface area contributed by atoms with Crippen LogP contribution in [-0.2, 0) is 0 Å². The molecule has 0 aliphatic rings. The number of nitrogens with one attached hydrogen (secondary N) is 2. The summed E-state index contributed by atoms with van der Waals surface area (Å²) in [5, 5.41) is 6.76. The highest BCUT2D eigenvalue weighted by molar-refractivity contribution is 6.09. The van der Waals surface area contributed by atoms with Gasteiger partial charge in [0.15, 0.2) is 0 Å². The summed E-state index contributed by atoms with van der Waals surface area (Å²) in [5.41, 5.74) is 4.32. The fourth-order valence-corrected chi connectivity index (χ4v) is 2.72. The summed E-state index contributed by atoms with van der Waals surface area (Å²) in [6.07, 6.45) is 1.47. The average molecular weight is 403 g/mol. The highest BCUT2D eigenvalue weighted by Gasteiger charge is 2.13. The number of ether oxygens (including phenoxy) is 2. The van der Waals surface area contributed by atoms with Crippen molar-refractivity contribution in [2.24, 2.45) is 5.10 Å². The molecule has 0 fully saturated rings. The second-order valence-electron chi connectivity index (χ2n) is 6.17. The fourth-order valence-electron chi connectivity index (χ4n) is 2.72. The Labute approximate surface area is 174 Å². The SMILES string of the molecule is COc1ccc(/C=N\NC(=O)c2ccccc2NC(=O)c2ccccc2)c(OC)c1. The second kappa shape index (κ2) is 9.88. The summed E-state index contributed by atoms with van der Waals surface area (Å²) in [5.74, 6) is 0.448. The molecule has 0 aliphatic heterocycles. The normalized spacial score (nSPS) is 10.5. The topological polar surface area (TPSA) is 89.0 Å². The summed E-state index contributed by atoms with van der Waals surface area (Å²) in [7, 11) is 3.10. The molecule has 0 spiro atoms. The smallest absolute Gasteiger partial charge is 0.273 e. The van der Waals surface area contributed by atoms with E-state index in [0.29, 0.717) is 33.9 Å². The Morgan fingerprint density at radius 2 is 1.60 bits per heavy atom. The van der Waals surface area contributed by atoms with E-state index in [1.54, 1.807) is 73.8 Å². The highest BCUT2D eigenvalue weighted by atomic mass is 16.5. The number of para-hydroxylation sites is 1. The van der Waals surface area contributed by atoms with Gasteiger partial charge in [0.1, 0.15) is 11.5 Å². The first kappa shape index (κ1) is 20.6. The molecule has 30 heavy (non-hydrogen) atoms. The van der Waals surface area contributed by atoms with Crippen LogP contribution in [0.1, 0.15) is 26.3 Å². The minimum Gasteiger partial charge on any atom is -0.497 e. The van der Waals surface area contributed by atoms with Gasteiger partial charge in [0.2, 0.25) is 0 Å². The lowest BCUT2D eigenvalue weighted by atomic mass is 10.1. The van der Waals surface area contributed by atoms with E-state index in [9.17, 15) is 9.59 Å². The summed E-state index contributed by atoms with van der Waals surface area (Å²) >= 11 is 0. The molecular weight excluding hydrogens is 382 g/mol. The van der Waals surface area contributed by atoms with Gasteiger partial charge >= 0.3 is 0 Å². The molecule has 7 nitrogen and oxygen atoms in total. The Morgan fingerprint density at radius 3 is 2.33 bits per heavy atom. The van der Waals surface area contributed by atoms with Crippen LogP contribution in [0.3, 0.4) is 0 Å². The number of benzene rings is 3. The van der Waals surface area contributed by atoms with Crippen molar-refractivity contribution in [3.8, 4) is 11.5 Å². The third-order valence-corrected chi connectivity index (χ3v) is 4.27. The molecule has 0 aromatic heterocycles. The molecule has 0 atom stereocenters. The maximum atomic E-state index is 12.6. The maximum absolute atomic E-state index is 12.6. The van der Waals surface area contributed by atoms with Crippen LogP contribution in [-0.4, -0.2) is 32.2 Å². The van der Waals surface area contributed by atoms with E-state index in [1.807, 2.05) is 6.07 Å². The van der Waals surface area contributed by atoms with E-state index in [2.05, 4.69) is 15.8 Å². The monoisotopic (exact) mass is 403 g/mol. The number of rotatable bonds is 7. The van der Waals surface area contributed by atoms with E-state index in [0.717, 1.165) is 0 Å². The maximum Gasteiger partial charge on any atom is 0.273 e. The van der Waals surface area contributed by atoms with Gasteiger partial charge < -0.3 is 14.8 Å². The van der Waals surface area contributed by atoms with Gasteiger partial charge in [-0.25, -0.2) is 5.43 Å². The first-order valence-corrected chi connectivity index (χ1v) is 9.13. The largest absolute Gasteiger partial charge is 0.497 e. The van der Waals surface area contributed by atoms with Crippen molar-refractivity contribution in [2.75, 3.05) is 19.5 Å². The molecule has 3 aromatic carbocycles. The zero-order valence-electron chi connectivity index (χ0n) is 16.6. The van der Waals surface area contributed by atoms with Gasteiger partial charge in [0.25, 0.3) is 11.8 Å². The molecule has 3 aromatic rings. The number of hydrogen-bond acceptors (Lipinski definition) is 5. The quantitative estimate of drug-likeness (QED) is 0.465. The van der Waals surface area contributed by atoms with E-state index in [-0.39, 0.29) is 5.91 Å². The molecule has 3 rings (SSSR count). The average Bonchev–Trinajstić information content (AvgIpc) is 2.80. The van der Waals surface area contributed by atoms with E-state index < -0.39 is 5.91 Å². The van der Waals surface area contributed by atoms with E-state index >= 15 is 0 Å². The third kappa shape index (κ3) is 5.02. The number of methoxy groups -OCH3 is 2. The molecule has 0 radical (unpaired) electrons. The van der Waals surface area contributed by atoms with Crippen LogP contribution in [0.5, 0.6) is 11.5 Å². The molecule has 0 aliphatic carbocycles. The zero-order chi connectivity index (χ0) is 21.3. The van der Waals surface area contributed by atoms with Crippen LogP contribution in [0.25, 0.3) is 0 Å². The van der Waals surface area contributed by atoms with Crippen molar-refractivity contribution in [3.63, 3.8) is 0 Å². The Balaban J connectivity index is 1.72. The van der Waals surface area contributed by atoms with Crippen molar-refractivity contribution in [3.05, 3.63) is 89.5 Å². The van der Waals surface area contributed by atoms with Crippen molar-refractivity contribution in [1.82, 2.24) is 5.43 Å². The number of amides is 2. The lowest BCUT2D eigenvalue weighted by Crippen LogP contribution is -2.21. The molecule has 0 saturated heterocycles. The number of anilines is 1. The molecule has 0 unspecified atom stereocenters. The van der Waals surface area contributed by atoms with Gasteiger partial charge in [0, 0.05) is 17.2 Å². The van der Waals surface area contributed by atoms with Crippen LogP contribution < -0.4 is 20.2 Å². The second-order valence-corrected chi connectivity index (χ2v) is 6.17. The highest BCUT2D eigenvalue weighted by Crippen LogP contribution is 2.23. The number of hydrogen-bond donors (Lipinski definition) is 2. The Bertz CT molecular complexity index is 1070. The molecule has 0 saturated carbocycles. The van der Waals surface area contributed by atoms with E-state index in [1.165, 1.54) is 13.3 Å². The molecule has 2 N–H and O–H groups in total. The first-order valence-electron chi connectivity index (χ1n) is 9.13. The lowest BCUT2D eigenvalue weighted by Gasteiger charge is -2.10. The Morgan fingerprint density at radius 1 is 0.867 bits per heavy atom. The van der Waals surface area contributed by atoms with Crippen LogP contribution in [0.4, 0.5) is 5.69 Å². The van der Waals surface area contributed by atoms with Crippen LogP contribution in [0.2, 0.25) is 0 Å². The molecular formula is C23H21N3O4. The van der Waals surface area contributed by atoms with Gasteiger partial charge in [0.05, 0.1) is 31.7 Å². The van der Waals surface area contributed by atoms with Crippen molar-refractivity contribution in [2.45, 2.75) is 0 Å². The van der Waals surface area contributed by atoms with Crippen molar-refractivity contribution < 1.29 is 19.1 Å². The van der Waals surface area contributed by atoms with Gasteiger partial charge in [-0.3, -0.25) is 9.59 Å². The molecule has 152 valence electrons. The third-order valence-electron chi connectivity index (χ3n) is 4.27. The van der Waals surface area contributed by atoms with Crippen molar-refractivity contribution >= 4 is 23.7 Å². The number of carbonyl (C=O) groups excluding carboxylic acids is 2. The first-order chi connectivity index (χ1) is 14.6. The summed E-state index contributed by atoms with van der Waals surface area (Å²) < 4.78 is 10.5. The molecule has 0 bridgehead atoms. The minimum atomic E-state index is -0.456. The van der Waals surface area contributed by atoms with Gasteiger partial charge in [-0.05, 0) is 36.4 Å². The number of nitrogens with zero attached hydrogens (tertiary/aromatic N) is 1. The lowest BCUT2D eigenvalue weighted by molar-refractivity contribution is 0.0956. The van der Waals surface area contributed by atoms with Crippen molar-refractivity contribution in [1.29, 1.82) is 0 Å². The standard InChI is InChI=1S/C23H21N3O4/c1-29-18-13-12-17(21(14-18)30-2)15-24-26-23(28)19-10-6-7-11-20(19)25-22(27)16-8-4-3-5-9-16/h3-15H,1-2H3,(H,25,27)(H,26,28)/b24-15-. The number of hydrazone groups is 1. The summed E-state index contributed by atoms with van der Waals surface area (Å²) in [6.45, 7) is 0. The van der Waals surface area contributed by atoms with Gasteiger partial charge in [-0.1, -0.05) is 30.3 Å². The van der Waals surface area contributed by atoms with Gasteiger partial charge in [-0.2, -0.15) is 5.10 Å². The Kier molecular flexibility index (Phi) is 6.78. The molecule has 2 amide bonds. The van der Waals surface area contributed by atoms with Crippen LogP contribution in [0, 0.1) is 0 Å². The summed E-state index contributed by atoms with van der Waals surface area (Å²) in [6, 6.07) is 20.7. The van der Waals surface area contributed by atoms with Crippen LogP contribution >= 0.6 is 0 Å². The fraction of sp³-hybridized carbons (Fsp3) is 0.0870. The molecule has 7 heteroatoms. The minimum absolute atomic E-state index is 0.292. The zero-order valence-corrected chi connectivity index (χ0v) is 16.6. The Hall–Kier alpha value is -4.13. The molecule has 0 heterocycles. The predicted octanol–water partition coefficient (Wildman–Crippen LogP) is 3.72. The van der Waals surface area contributed by atoms with Crippen LogP contribution in [0.15, 0.2) is 77.9 Å². The van der Waals surface area contributed by atoms with Gasteiger partial charge in [-0.15, -0.1) is 0 Å². The summed E-state index contributed by atoms with van der Waals surface area (Å²) in [4.78, 5) is 25.0. The predicted molar refractivity (Wildman–Crippen MR) is 115 cm³/mol. The number of carbonyl (C=O) groups is 2. The van der Waals surface area contributed by atoms with E-state index in [4.69, 9.17) is 9.47 Å².